The molecule has 3 atom stereocenters. The van der Waals surface area contributed by atoms with Crippen molar-refractivity contribution >= 4 is 51.7 Å². The number of piperidine rings is 1. The summed E-state index contributed by atoms with van der Waals surface area (Å²) in [5.74, 6) is 2.01. The second kappa shape index (κ2) is 11.5. The van der Waals surface area contributed by atoms with Gasteiger partial charge in [-0.15, -0.1) is 0 Å². The molecule has 0 spiro atoms. The Labute approximate surface area is 224 Å². The number of carbonyl (C=O) groups is 1. The third-order valence-electron chi connectivity index (χ3n) is 7.29. The molecule has 0 N–H and O–H groups in total. The monoisotopic (exact) mass is 526 g/mol. The molecule has 2 fully saturated rings. The average Bonchev–Trinajstić information content (AvgIpc) is 3.10. The van der Waals surface area contributed by atoms with E-state index < -0.39 is 0 Å². The van der Waals surface area contributed by atoms with E-state index >= 15 is 0 Å². The molecule has 0 saturated carbocycles. The summed E-state index contributed by atoms with van der Waals surface area (Å²) in [6.45, 7) is 13.1. The minimum atomic E-state index is -0.149. The number of aromatic nitrogens is 2. The highest BCUT2D eigenvalue weighted by molar-refractivity contribution is 8.26. The number of aryl methyl sites for hydroxylation is 1. The number of pyridine rings is 1. The molecule has 0 unspecified atom stereocenters. The van der Waals surface area contributed by atoms with Crippen LogP contribution >= 0.6 is 24.0 Å². The lowest BCUT2D eigenvalue weighted by molar-refractivity contribution is -0.122. The van der Waals surface area contributed by atoms with Crippen LogP contribution in [0.3, 0.4) is 0 Å². The largest absolute Gasteiger partial charge is 0.355 e. The summed E-state index contributed by atoms with van der Waals surface area (Å²) in [7, 11) is 0. The standard InChI is InChI=1S/C28H38N4O2S2/c1-6-8-9-21(7-2)17-32-27(34)23(36-28(32)35)13-22-25(30-14-19(4)12-20(5)15-30)29-24-11-10-18(3)16-31(24)26(22)33/h10-11,13,16,19-21H,6-9,12,14-15,17H2,1-5H3/b23-13+/t19-,20-,21-/m0/s1. The number of hydrogen-bond donors (Lipinski definition) is 0. The van der Waals surface area contributed by atoms with Crippen molar-refractivity contribution in [2.75, 3.05) is 24.5 Å². The van der Waals surface area contributed by atoms with Gasteiger partial charge in [0.2, 0.25) is 0 Å². The average molecular weight is 527 g/mol. The van der Waals surface area contributed by atoms with Gasteiger partial charge in [0.05, 0.1) is 10.5 Å². The maximum Gasteiger partial charge on any atom is 0.267 e. The summed E-state index contributed by atoms with van der Waals surface area (Å²) < 4.78 is 2.17. The molecule has 0 radical (unpaired) electrons. The molecular formula is C28H38N4O2S2. The summed E-state index contributed by atoms with van der Waals surface area (Å²) in [5, 5.41) is 0. The van der Waals surface area contributed by atoms with E-state index in [1.165, 1.54) is 11.8 Å². The van der Waals surface area contributed by atoms with Crippen LogP contribution in [0, 0.1) is 24.7 Å². The number of anilines is 1. The third-order valence-corrected chi connectivity index (χ3v) is 8.66. The molecule has 1 amide bonds. The molecule has 194 valence electrons. The molecular weight excluding hydrogens is 488 g/mol. The quantitative estimate of drug-likeness (QED) is 0.315. The van der Waals surface area contributed by atoms with Crippen molar-refractivity contribution in [1.29, 1.82) is 0 Å². The van der Waals surface area contributed by atoms with Crippen molar-refractivity contribution in [2.45, 2.75) is 66.7 Å². The molecule has 2 aliphatic heterocycles. The predicted molar refractivity (Wildman–Crippen MR) is 155 cm³/mol. The second-order valence-electron chi connectivity index (χ2n) is 10.6. The topological polar surface area (TPSA) is 57.9 Å². The van der Waals surface area contributed by atoms with E-state index in [2.05, 4.69) is 32.6 Å². The number of thioether (sulfide) groups is 1. The Bertz CT molecular complexity index is 1230. The van der Waals surface area contributed by atoms with E-state index in [1.807, 2.05) is 25.3 Å². The smallest absolute Gasteiger partial charge is 0.267 e. The molecule has 0 bridgehead atoms. The van der Waals surface area contributed by atoms with Crippen LogP contribution in [0.4, 0.5) is 5.82 Å². The summed E-state index contributed by atoms with van der Waals surface area (Å²) in [6, 6.07) is 3.86. The number of rotatable bonds is 8. The number of amides is 1. The first kappa shape index (κ1) is 26.9. The number of carbonyl (C=O) groups excluding carboxylic acids is 1. The molecule has 2 aromatic rings. The lowest BCUT2D eigenvalue weighted by Gasteiger charge is -2.36. The molecule has 8 heteroatoms. The van der Waals surface area contributed by atoms with E-state index in [0.29, 0.717) is 50.6 Å². The maximum atomic E-state index is 13.8. The summed E-state index contributed by atoms with van der Waals surface area (Å²) in [6.07, 6.45) is 9.12. The zero-order valence-electron chi connectivity index (χ0n) is 22.1. The van der Waals surface area contributed by atoms with Crippen LogP contribution in [0.1, 0.15) is 70.9 Å². The van der Waals surface area contributed by atoms with Gasteiger partial charge in [-0.05, 0) is 55.2 Å². The first-order valence-electron chi connectivity index (χ1n) is 13.2. The van der Waals surface area contributed by atoms with Gasteiger partial charge < -0.3 is 4.90 Å². The van der Waals surface area contributed by atoms with Crippen LogP contribution in [-0.2, 0) is 4.79 Å². The van der Waals surface area contributed by atoms with Crippen LogP contribution in [0.15, 0.2) is 28.0 Å². The summed E-state index contributed by atoms with van der Waals surface area (Å²) >= 11 is 6.92. The fourth-order valence-electron chi connectivity index (χ4n) is 5.41. The van der Waals surface area contributed by atoms with E-state index in [4.69, 9.17) is 17.2 Å². The summed E-state index contributed by atoms with van der Waals surface area (Å²) in [4.78, 5) is 36.7. The molecule has 4 rings (SSSR count). The SMILES string of the molecule is CCCC[C@H](CC)CN1C(=O)/C(=C\c2c(N3C[C@@H](C)C[C@H](C)C3)nc3ccc(C)cn3c2=O)SC1=S. The lowest BCUT2D eigenvalue weighted by atomic mass is 9.91. The van der Waals surface area contributed by atoms with E-state index in [1.54, 1.807) is 15.4 Å². The van der Waals surface area contributed by atoms with Gasteiger partial charge in [-0.25, -0.2) is 4.98 Å². The van der Waals surface area contributed by atoms with E-state index in [0.717, 1.165) is 50.8 Å². The highest BCUT2D eigenvalue weighted by Crippen LogP contribution is 2.35. The Morgan fingerprint density at radius 2 is 1.92 bits per heavy atom. The highest BCUT2D eigenvalue weighted by Gasteiger charge is 2.34. The highest BCUT2D eigenvalue weighted by atomic mass is 32.2. The maximum absolute atomic E-state index is 13.8. The fraction of sp³-hybridized carbons (Fsp3) is 0.571. The second-order valence-corrected chi connectivity index (χ2v) is 12.3. The van der Waals surface area contributed by atoms with Crippen molar-refractivity contribution in [1.82, 2.24) is 14.3 Å². The number of thiocarbonyl (C=S) groups is 1. The molecule has 2 aromatic heterocycles. The van der Waals surface area contributed by atoms with Gasteiger partial charge in [-0.2, -0.15) is 0 Å². The minimum Gasteiger partial charge on any atom is -0.355 e. The van der Waals surface area contributed by atoms with Crippen LogP contribution in [-0.4, -0.2) is 44.1 Å². The van der Waals surface area contributed by atoms with Gasteiger partial charge in [0, 0.05) is 25.8 Å². The number of nitrogens with zero attached hydrogens (tertiary/aromatic N) is 4. The molecule has 2 aliphatic rings. The van der Waals surface area contributed by atoms with E-state index in [9.17, 15) is 9.59 Å². The van der Waals surface area contributed by atoms with Crippen molar-refractivity contribution < 1.29 is 4.79 Å². The summed E-state index contributed by atoms with van der Waals surface area (Å²) in [5.41, 5.74) is 1.93. The van der Waals surface area contributed by atoms with Crippen LogP contribution in [0.5, 0.6) is 0 Å². The van der Waals surface area contributed by atoms with Crippen LogP contribution in [0.2, 0.25) is 0 Å². The van der Waals surface area contributed by atoms with Gasteiger partial charge in [-0.1, -0.05) is 77.0 Å². The number of fused-ring (bicyclic) bond motifs is 1. The van der Waals surface area contributed by atoms with Crippen molar-refractivity contribution in [3.8, 4) is 0 Å². The minimum absolute atomic E-state index is 0.0972. The first-order chi connectivity index (χ1) is 17.2. The Kier molecular flexibility index (Phi) is 8.56. The molecule has 2 saturated heterocycles. The molecule has 0 aromatic carbocycles. The van der Waals surface area contributed by atoms with Crippen LogP contribution < -0.4 is 10.5 Å². The lowest BCUT2D eigenvalue weighted by Crippen LogP contribution is -2.40. The normalized spacial score (nSPS) is 22.8. The molecule has 6 nitrogen and oxygen atoms in total. The van der Waals surface area contributed by atoms with Gasteiger partial charge in [0.15, 0.2) is 0 Å². The zero-order chi connectivity index (χ0) is 26.0. The fourth-order valence-corrected chi connectivity index (χ4v) is 6.67. The van der Waals surface area contributed by atoms with Crippen molar-refractivity contribution in [2.24, 2.45) is 17.8 Å². The molecule has 4 heterocycles. The van der Waals surface area contributed by atoms with Crippen LogP contribution in [0.25, 0.3) is 11.7 Å². The van der Waals surface area contributed by atoms with Crippen molar-refractivity contribution in [3.63, 3.8) is 0 Å². The Balaban J connectivity index is 1.75. The van der Waals surface area contributed by atoms with Gasteiger partial charge in [-0.3, -0.25) is 18.9 Å². The van der Waals surface area contributed by atoms with Gasteiger partial charge in [0.25, 0.3) is 11.5 Å². The first-order valence-corrected chi connectivity index (χ1v) is 14.5. The Morgan fingerprint density at radius 1 is 1.19 bits per heavy atom. The van der Waals surface area contributed by atoms with Gasteiger partial charge in [0.1, 0.15) is 15.8 Å². The Morgan fingerprint density at radius 3 is 2.58 bits per heavy atom. The predicted octanol–water partition coefficient (Wildman–Crippen LogP) is 5.90. The molecule has 0 aliphatic carbocycles. The van der Waals surface area contributed by atoms with Gasteiger partial charge >= 0.3 is 0 Å². The number of hydrogen-bond acceptors (Lipinski definition) is 6. The Hall–Kier alpha value is -2.19. The van der Waals surface area contributed by atoms with Crippen molar-refractivity contribution in [3.05, 3.63) is 44.7 Å². The third kappa shape index (κ3) is 5.70. The number of unbranched alkanes of at least 4 members (excludes halogenated alkanes) is 1. The zero-order valence-corrected chi connectivity index (χ0v) is 23.8. The van der Waals surface area contributed by atoms with E-state index in [-0.39, 0.29) is 11.5 Å². The molecule has 36 heavy (non-hydrogen) atoms.